The van der Waals surface area contributed by atoms with Crippen LogP contribution in [0.1, 0.15) is 5.56 Å². The highest BCUT2D eigenvalue weighted by Gasteiger charge is 2.11. The molecule has 0 fully saturated rings. The summed E-state index contributed by atoms with van der Waals surface area (Å²) in [5.41, 5.74) is 0.963. The maximum atomic E-state index is 11.8. The number of hydrogen-bond donors (Lipinski definition) is 0. The van der Waals surface area contributed by atoms with E-state index in [2.05, 4.69) is 4.98 Å². The SMILES string of the molecule is CN(Cc1cccnc1)C(=O)Oc1ccccc1. The van der Waals surface area contributed by atoms with Gasteiger partial charge in [-0.3, -0.25) is 4.98 Å². The topological polar surface area (TPSA) is 42.4 Å². The average Bonchev–Trinajstić information content (AvgIpc) is 2.41. The van der Waals surface area contributed by atoms with Crippen LogP contribution in [-0.2, 0) is 6.54 Å². The zero-order chi connectivity index (χ0) is 12.8. The lowest BCUT2D eigenvalue weighted by molar-refractivity contribution is 0.160. The van der Waals surface area contributed by atoms with Gasteiger partial charge in [-0.1, -0.05) is 24.3 Å². The molecule has 2 aromatic rings. The Balaban J connectivity index is 1.93. The summed E-state index contributed by atoms with van der Waals surface area (Å²) in [6.45, 7) is 0.472. The molecule has 18 heavy (non-hydrogen) atoms. The number of aromatic nitrogens is 1. The van der Waals surface area contributed by atoms with Crippen molar-refractivity contribution in [1.29, 1.82) is 0 Å². The smallest absolute Gasteiger partial charge is 0.410 e. The van der Waals surface area contributed by atoms with E-state index in [1.807, 2.05) is 30.3 Å². The number of carbonyl (C=O) groups excluding carboxylic acids is 1. The van der Waals surface area contributed by atoms with Crippen molar-refractivity contribution in [3.63, 3.8) is 0 Å². The van der Waals surface area contributed by atoms with E-state index in [0.29, 0.717) is 12.3 Å². The molecule has 0 unspecified atom stereocenters. The maximum Gasteiger partial charge on any atom is 0.415 e. The fraction of sp³-hybridized carbons (Fsp3) is 0.143. The van der Waals surface area contributed by atoms with Gasteiger partial charge in [0, 0.05) is 19.4 Å². The molecule has 1 aromatic carbocycles. The molecule has 0 spiro atoms. The van der Waals surface area contributed by atoms with Gasteiger partial charge in [0.15, 0.2) is 0 Å². The highest BCUT2D eigenvalue weighted by atomic mass is 16.6. The monoisotopic (exact) mass is 242 g/mol. The summed E-state index contributed by atoms with van der Waals surface area (Å²) in [5, 5.41) is 0. The molecule has 4 heteroatoms. The Morgan fingerprint density at radius 1 is 1.22 bits per heavy atom. The van der Waals surface area contributed by atoms with Gasteiger partial charge in [0.05, 0.1) is 6.54 Å². The Labute approximate surface area is 106 Å². The predicted molar refractivity (Wildman–Crippen MR) is 68.2 cm³/mol. The van der Waals surface area contributed by atoms with Gasteiger partial charge in [-0.05, 0) is 23.8 Å². The van der Waals surface area contributed by atoms with Gasteiger partial charge < -0.3 is 9.64 Å². The number of para-hydroxylation sites is 1. The quantitative estimate of drug-likeness (QED) is 0.831. The lowest BCUT2D eigenvalue weighted by Crippen LogP contribution is -2.29. The summed E-state index contributed by atoms with van der Waals surface area (Å²) in [4.78, 5) is 17.3. The summed E-state index contributed by atoms with van der Waals surface area (Å²) in [6, 6.07) is 12.8. The van der Waals surface area contributed by atoms with E-state index < -0.39 is 0 Å². The van der Waals surface area contributed by atoms with E-state index in [-0.39, 0.29) is 6.09 Å². The van der Waals surface area contributed by atoms with E-state index in [9.17, 15) is 4.79 Å². The molecule has 0 aliphatic heterocycles. The Morgan fingerprint density at radius 3 is 2.67 bits per heavy atom. The lowest BCUT2D eigenvalue weighted by atomic mass is 10.3. The van der Waals surface area contributed by atoms with Gasteiger partial charge in [0.25, 0.3) is 0 Å². The summed E-state index contributed by atoms with van der Waals surface area (Å²) in [6.07, 6.45) is 3.04. The fourth-order valence-electron chi connectivity index (χ4n) is 1.50. The van der Waals surface area contributed by atoms with Crippen LogP contribution in [-0.4, -0.2) is 23.0 Å². The maximum absolute atomic E-state index is 11.8. The van der Waals surface area contributed by atoms with Crippen LogP contribution in [0.25, 0.3) is 0 Å². The number of amides is 1. The van der Waals surface area contributed by atoms with Crippen LogP contribution < -0.4 is 4.74 Å². The predicted octanol–water partition coefficient (Wildman–Crippen LogP) is 2.71. The van der Waals surface area contributed by atoms with Crippen molar-refractivity contribution in [1.82, 2.24) is 9.88 Å². The number of rotatable bonds is 3. The second-order valence-electron chi connectivity index (χ2n) is 3.90. The minimum atomic E-state index is -0.384. The second-order valence-corrected chi connectivity index (χ2v) is 3.90. The first-order valence-electron chi connectivity index (χ1n) is 5.62. The van der Waals surface area contributed by atoms with Crippen LogP contribution in [0.15, 0.2) is 54.9 Å². The molecule has 0 radical (unpaired) electrons. The van der Waals surface area contributed by atoms with Crippen molar-refractivity contribution in [2.24, 2.45) is 0 Å². The van der Waals surface area contributed by atoms with Crippen LogP contribution >= 0.6 is 0 Å². The molecule has 0 saturated heterocycles. The van der Waals surface area contributed by atoms with Crippen molar-refractivity contribution in [3.05, 3.63) is 60.4 Å². The van der Waals surface area contributed by atoms with E-state index in [1.54, 1.807) is 31.6 Å². The largest absolute Gasteiger partial charge is 0.415 e. The number of hydrogen-bond acceptors (Lipinski definition) is 3. The fourth-order valence-corrected chi connectivity index (χ4v) is 1.50. The molecule has 0 N–H and O–H groups in total. The Morgan fingerprint density at radius 2 is 2.00 bits per heavy atom. The molecular weight excluding hydrogens is 228 g/mol. The van der Waals surface area contributed by atoms with Crippen molar-refractivity contribution in [3.8, 4) is 5.75 Å². The number of nitrogens with zero attached hydrogens (tertiary/aromatic N) is 2. The highest BCUT2D eigenvalue weighted by molar-refractivity contribution is 5.70. The molecule has 0 atom stereocenters. The minimum absolute atomic E-state index is 0.384. The van der Waals surface area contributed by atoms with Gasteiger partial charge in [-0.25, -0.2) is 4.79 Å². The summed E-state index contributed by atoms with van der Waals surface area (Å²) < 4.78 is 5.21. The Hall–Kier alpha value is -2.36. The molecule has 0 bridgehead atoms. The summed E-state index contributed by atoms with van der Waals surface area (Å²) in [7, 11) is 1.69. The first-order chi connectivity index (χ1) is 8.75. The minimum Gasteiger partial charge on any atom is -0.410 e. The first kappa shape index (κ1) is 12.1. The van der Waals surface area contributed by atoms with Gasteiger partial charge >= 0.3 is 6.09 Å². The third kappa shape index (κ3) is 3.31. The molecular formula is C14H14N2O2. The van der Waals surface area contributed by atoms with Crippen LogP contribution in [0.4, 0.5) is 4.79 Å². The lowest BCUT2D eigenvalue weighted by Gasteiger charge is -2.16. The molecule has 1 amide bonds. The molecule has 0 aliphatic carbocycles. The highest BCUT2D eigenvalue weighted by Crippen LogP contribution is 2.10. The molecule has 92 valence electrons. The third-order valence-corrected chi connectivity index (χ3v) is 2.40. The van der Waals surface area contributed by atoms with Crippen molar-refractivity contribution >= 4 is 6.09 Å². The first-order valence-corrected chi connectivity index (χ1v) is 5.62. The number of ether oxygens (including phenoxy) is 1. The standard InChI is InChI=1S/C14H14N2O2/c1-16(11-12-6-5-9-15-10-12)14(17)18-13-7-3-2-4-8-13/h2-10H,11H2,1H3. The van der Waals surface area contributed by atoms with E-state index in [0.717, 1.165) is 5.56 Å². The van der Waals surface area contributed by atoms with E-state index >= 15 is 0 Å². The summed E-state index contributed by atoms with van der Waals surface area (Å²) >= 11 is 0. The van der Waals surface area contributed by atoms with Gasteiger partial charge in [0.2, 0.25) is 0 Å². The molecule has 1 heterocycles. The van der Waals surface area contributed by atoms with Gasteiger partial charge in [0.1, 0.15) is 5.75 Å². The molecule has 2 rings (SSSR count). The van der Waals surface area contributed by atoms with Crippen LogP contribution in [0.2, 0.25) is 0 Å². The normalized spacial score (nSPS) is 9.83. The van der Waals surface area contributed by atoms with E-state index in [1.165, 1.54) is 4.90 Å². The Bertz CT molecular complexity index is 500. The molecule has 0 saturated carbocycles. The molecule has 4 nitrogen and oxygen atoms in total. The number of benzene rings is 1. The average molecular weight is 242 g/mol. The zero-order valence-corrected chi connectivity index (χ0v) is 10.1. The van der Waals surface area contributed by atoms with Crippen LogP contribution in [0, 0.1) is 0 Å². The summed E-state index contributed by atoms with van der Waals surface area (Å²) in [5.74, 6) is 0.542. The van der Waals surface area contributed by atoms with Gasteiger partial charge in [-0.15, -0.1) is 0 Å². The molecule has 1 aromatic heterocycles. The Kier molecular flexibility index (Phi) is 3.91. The van der Waals surface area contributed by atoms with Crippen molar-refractivity contribution in [2.45, 2.75) is 6.54 Å². The van der Waals surface area contributed by atoms with Crippen molar-refractivity contribution < 1.29 is 9.53 Å². The zero-order valence-electron chi connectivity index (χ0n) is 10.1. The number of carbonyl (C=O) groups is 1. The third-order valence-electron chi connectivity index (χ3n) is 2.40. The van der Waals surface area contributed by atoms with Crippen LogP contribution in [0.3, 0.4) is 0 Å². The van der Waals surface area contributed by atoms with Crippen LogP contribution in [0.5, 0.6) is 5.75 Å². The van der Waals surface area contributed by atoms with Crippen molar-refractivity contribution in [2.75, 3.05) is 7.05 Å². The van der Waals surface area contributed by atoms with E-state index in [4.69, 9.17) is 4.74 Å². The number of pyridine rings is 1. The second kappa shape index (κ2) is 5.82. The van der Waals surface area contributed by atoms with Gasteiger partial charge in [-0.2, -0.15) is 0 Å². The molecule has 0 aliphatic rings.